The SMILES string of the molecule is CC(=O)Nc1cc(NC(C)=O)cc(C(=O)NCC(Nc2ccccc2)C(C)C)c1. The first-order valence-corrected chi connectivity index (χ1v) is 9.54. The summed E-state index contributed by atoms with van der Waals surface area (Å²) in [7, 11) is 0. The predicted molar refractivity (Wildman–Crippen MR) is 116 cm³/mol. The Bertz CT molecular complexity index is 831. The Balaban J connectivity index is 2.12. The molecule has 2 aromatic carbocycles. The van der Waals surface area contributed by atoms with E-state index in [0.29, 0.717) is 23.5 Å². The number of hydrogen-bond acceptors (Lipinski definition) is 4. The fourth-order valence-corrected chi connectivity index (χ4v) is 2.82. The number of anilines is 3. The molecular weight excluding hydrogens is 368 g/mol. The van der Waals surface area contributed by atoms with E-state index in [1.54, 1.807) is 18.2 Å². The highest BCUT2D eigenvalue weighted by molar-refractivity contribution is 5.99. The van der Waals surface area contributed by atoms with E-state index in [0.717, 1.165) is 5.69 Å². The summed E-state index contributed by atoms with van der Waals surface area (Å²) in [6.45, 7) is 7.35. The Kier molecular flexibility index (Phi) is 7.77. The van der Waals surface area contributed by atoms with E-state index in [1.807, 2.05) is 30.3 Å². The van der Waals surface area contributed by atoms with E-state index in [4.69, 9.17) is 0 Å². The predicted octanol–water partition coefficient (Wildman–Crippen LogP) is 3.47. The van der Waals surface area contributed by atoms with Crippen molar-refractivity contribution in [3.8, 4) is 0 Å². The minimum atomic E-state index is -0.288. The van der Waals surface area contributed by atoms with Crippen molar-refractivity contribution in [2.24, 2.45) is 5.92 Å². The molecule has 3 amide bonds. The number of carbonyl (C=O) groups is 3. The molecule has 29 heavy (non-hydrogen) atoms. The lowest BCUT2D eigenvalue weighted by Crippen LogP contribution is -2.39. The summed E-state index contributed by atoms with van der Waals surface area (Å²) < 4.78 is 0. The van der Waals surface area contributed by atoms with Crippen LogP contribution in [0, 0.1) is 5.92 Å². The largest absolute Gasteiger partial charge is 0.380 e. The fourth-order valence-electron chi connectivity index (χ4n) is 2.82. The molecule has 0 bridgehead atoms. The molecule has 7 nitrogen and oxygen atoms in total. The van der Waals surface area contributed by atoms with Crippen LogP contribution in [0.1, 0.15) is 38.1 Å². The maximum absolute atomic E-state index is 12.7. The van der Waals surface area contributed by atoms with Crippen molar-refractivity contribution in [3.63, 3.8) is 0 Å². The van der Waals surface area contributed by atoms with Gasteiger partial charge in [-0.2, -0.15) is 0 Å². The van der Waals surface area contributed by atoms with Crippen molar-refractivity contribution in [2.45, 2.75) is 33.7 Å². The first kappa shape index (κ1) is 21.9. The summed E-state index contributed by atoms with van der Waals surface area (Å²) in [6.07, 6.45) is 0. The van der Waals surface area contributed by atoms with Gasteiger partial charge in [0.15, 0.2) is 0 Å². The van der Waals surface area contributed by atoms with E-state index in [-0.39, 0.29) is 29.7 Å². The lowest BCUT2D eigenvalue weighted by molar-refractivity contribution is -0.115. The minimum absolute atomic E-state index is 0.0368. The van der Waals surface area contributed by atoms with Crippen LogP contribution in [0.5, 0.6) is 0 Å². The Morgan fingerprint density at radius 3 is 1.86 bits per heavy atom. The summed E-state index contributed by atoms with van der Waals surface area (Å²) in [5.74, 6) is -0.521. The molecular formula is C22H28N4O3. The highest BCUT2D eigenvalue weighted by atomic mass is 16.2. The van der Waals surface area contributed by atoms with E-state index in [1.165, 1.54) is 13.8 Å². The van der Waals surface area contributed by atoms with E-state index >= 15 is 0 Å². The van der Waals surface area contributed by atoms with Crippen LogP contribution >= 0.6 is 0 Å². The average Bonchev–Trinajstić information content (AvgIpc) is 2.64. The van der Waals surface area contributed by atoms with Crippen molar-refractivity contribution in [1.29, 1.82) is 0 Å². The number of para-hydroxylation sites is 1. The summed E-state index contributed by atoms with van der Waals surface area (Å²) in [4.78, 5) is 35.5. The Morgan fingerprint density at radius 2 is 1.38 bits per heavy atom. The highest BCUT2D eigenvalue weighted by Crippen LogP contribution is 2.20. The molecule has 0 aromatic heterocycles. The topological polar surface area (TPSA) is 99.3 Å². The molecule has 2 aromatic rings. The third kappa shape index (κ3) is 7.29. The highest BCUT2D eigenvalue weighted by Gasteiger charge is 2.16. The number of rotatable bonds is 8. The molecule has 0 fully saturated rings. The monoisotopic (exact) mass is 396 g/mol. The molecule has 1 atom stereocenters. The zero-order chi connectivity index (χ0) is 21.4. The summed E-state index contributed by atoms with van der Waals surface area (Å²) in [5, 5.41) is 11.7. The van der Waals surface area contributed by atoms with Crippen molar-refractivity contribution >= 4 is 34.8 Å². The quantitative estimate of drug-likeness (QED) is 0.549. The second-order valence-corrected chi connectivity index (χ2v) is 7.23. The Hall–Kier alpha value is -3.35. The first-order valence-electron chi connectivity index (χ1n) is 9.54. The van der Waals surface area contributed by atoms with Crippen LogP contribution in [0.2, 0.25) is 0 Å². The molecule has 0 aliphatic heterocycles. The van der Waals surface area contributed by atoms with Crippen LogP contribution in [0.4, 0.5) is 17.1 Å². The van der Waals surface area contributed by atoms with Crippen LogP contribution in [0.15, 0.2) is 48.5 Å². The molecule has 0 heterocycles. The zero-order valence-electron chi connectivity index (χ0n) is 17.2. The van der Waals surface area contributed by atoms with Gasteiger partial charge in [0.2, 0.25) is 11.8 Å². The van der Waals surface area contributed by atoms with Crippen LogP contribution < -0.4 is 21.3 Å². The van der Waals surface area contributed by atoms with Gasteiger partial charge in [-0.3, -0.25) is 14.4 Å². The molecule has 1 unspecified atom stereocenters. The Morgan fingerprint density at radius 1 is 0.828 bits per heavy atom. The number of nitrogens with one attached hydrogen (secondary N) is 4. The van der Waals surface area contributed by atoms with Gasteiger partial charge in [-0.25, -0.2) is 0 Å². The van der Waals surface area contributed by atoms with Crippen LogP contribution in [-0.2, 0) is 9.59 Å². The molecule has 0 aliphatic rings. The second kappa shape index (κ2) is 10.3. The molecule has 0 saturated heterocycles. The average molecular weight is 396 g/mol. The van der Waals surface area contributed by atoms with Gasteiger partial charge in [-0.15, -0.1) is 0 Å². The molecule has 2 rings (SSSR count). The molecule has 0 spiro atoms. The van der Waals surface area contributed by atoms with E-state index in [9.17, 15) is 14.4 Å². The van der Waals surface area contributed by atoms with Gasteiger partial charge in [-0.05, 0) is 36.2 Å². The zero-order valence-corrected chi connectivity index (χ0v) is 17.2. The third-order valence-electron chi connectivity index (χ3n) is 4.25. The Labute approximate surface area is 171 Å². The van der Waals surface area contributed by atoms with E-state index < -0.39 is 0 Å². The maximum atomic E-state index is 12.7. The number of hydrogen-bond donors (Lipinski definition) is 4. The van der Waals surface area contributed by atoms with E-state index in [2.05, 4.69) is 35.1 Å². The summed E-state index contributed by atoms with van der Waals surface area (Å²) in [6, 6.07) is 14.6. The van der Waals surface area contributed by atoms with Gasteiger partial charge >= 0.3 is 0 Å². The van der Waals surface area contributed by atoms with Crippen LogP contribution in [0.3, 0.4) is 0 Å². The molecule has 154 valence electrons. The van der Waals surface area contributed by atoms with Gasteiger partial charge in [-0.1, -0.05) is 32.0 Å². The van der Waals surface area contributed by atoms with Gasteiger partial charge < -0.3 is 21.3 Å². The lowest BCUT2D eigenvalue weighted by Gasteiger charge is -2.24. The number of benzene rings is 2. The molecule has 0 aliphatic carbocycles. The molecule has 4 N–H and O–H groups in total. The van der Waals surface area contributed by atoms with Gasteiger partial charge in [0, 0.05) is 49.1 Å². The van der Waals surface area contributed by atoms with Crippen molar-refractivity contribution < 1.29 is 14.4 Å². The third-order valence-corrected chi connectivity index (χ3v) is 4.25. The number of carbonyl (C=O) groups excluding carboxylic acids is 3. The molecule has 0 radical (unpaired) electrons. The van der Waals surface area contributed by atoms with Gasteiger partial charge in [0.05, 0.1) is 0 Å². The fraction of sp³-hybridized carbons (Fsp3) is 0.318. The van der Waals surface area contributed by atoms with Crippen LogP contribution in [-0.4, -0.2) is 30.3 Å². The van der Waals surface area contributed by atoms with Crippen molar-refractivity contribution in [1.82, 2.24) is 5.32 Å². The normalized spacial score (nSPS) is 11.5. The smallest absolute Gasteiger partial charge is 0.251 e. The molecule has 0 saturated carbocycles. The van der Waals surface area contributed by atoms with Gasteiger partial charge in [0.1, 0.15) is 0 Å². The maximum Gasteiger partial charge on any atom is 0.251 e. The second-order valence-electron chi connectivity index (χ2n) is 7.23. The first-order chi connectivity index (χ1) is 13.7. The summed E-state index contributed by atoms with van der Waals surface area (Å²) in [5.41, 5.74) is 2.22. The van der Waals surface area contributed by atoms with Gasteiger partial charge in [0.25, 0.3) is 5.91 Å². The van der Waals surface area contributed by atoms with Crippen molar-refractivity contribution in [3.05, 3.63) is 54.1 Å². The standard InChI is InChI=1S/C22H28N4O3/c1-14(2)21(26-18-8-6-5-7-9-18)13-23-22(29)17-10-19(24-15(3)27)12-20(11-17)25-16(4)28/h5-12,14,21,26H,13H2,1-4H3,(H,23,29)(H,24,27)(H,25,28). The van der Waals surface area contributed by atoms with Crippen LogP contribution in [0.25, 0.3) is 0 Å². The lowest BCUT2D eigenvalue weighted by atomic mass is 10.0. The minimum Gasteiger partial charge on any atom is -0.380 e. The number of amides is 3. The summed E-state index contributed by atoms with van der Waals surface area (Å²) >= 11 is 0. The molecule has 7 heteroatoms. The van der Waals surface area contributed by atoms with Crippen molar-refractivity contribution in [2.75, 3.05) is 22.5 Å².